The van der Waals surface area contributed by atoms with E-state index in [1.165, 1.54) is 17.7 Å². The zero-order chi connectivity index (χ0) is 20.6. The van der Waals surface area contributed by atoms with Crippen molar-refractivity contribution in [2.45, 2.75) is 69.9 Å². The van der Waals surface area contributed by atoms with Crippen LogP contribution in [-0.4, -0.2) is 48.5 Å². The highest BCUT2D eigenvalue weighted by atomic mass is 16.5. The van der Waals surface area contributed by atoms with Crippen molar-refractivity contribution in [3.8, 4) is 5.75 Å². The molecule has 1 aromatic carbocycles. The Hall–Kier alpha value is -2.57. The Labute approximate surface area is 172 Å². The first-order valence-electron chi connectivity index (χ1n) is 10.6. The third-order valence-electron chi connectivity index (χ3n) is 5.77. The fourth-order valence-corrected chi connectivity index (χ4v) is 4.02. The Morgan fingerprint density at radius 2 is 1.83 bits per heavy atom. The molecule has 1 heterocycles. The van der Waals surface area contributed by atoms with Crippen LogP contribution in [0.3, 0.4) is 0 Å². The SMILES string of the molecule is COc1ccc(CCN2C(=O)NC(CCC(=O)NC3CCCCCC3)C2=O)cc1. The number of carbonyl (C=O) groups excluding carboxylic acids is 3. The molecular formula is C22H31N3O4. The minimum absolute atomic E-state index is 0.0318. The van der Waals surface area contributed by atoms with Crippen LogP contribution in [0.25, 0.3) is 0 Å². The second-order valence-electron chi connectivity index (χ2n) is 7.88. The van der Waals surface area contributed by atoms with E-state index in [9.17, 15) is 14.4 Å². The molecule has 3 rings (SSSR count). The van der Waals surface area contributed by atoms with Gasteiger partial charge in [-0.15, -0.1) is 0 Å². The van der Waals surface area contributed by atoms with Gasteiger partial charge in [-0.3, -0.25) is 14.5 Å². The molecule has 0 radical (unpaired) electrons. The topological polar surface area (TPSA) is 87.7 Å². The number of methoxy groups -OCH3 is 1. The van der Waals surface area contributed by atoms with E-state index in [4.69, 9.17) is 4.74 Å². The van der Waals surface area contributed by atoms with Gasteiger partial charge in [-0.2, -0.15) is 0 Å². The summed E-state index contributed by atoms with van der Waals surface area (Å²) in [7, 11) is 1.61. The van der Waals surface area contributed by atoms with E-state index < -0.39 is 6.04 Å². The van der Waals surface area contributed by atoms with Crippen LogP contribution in [0.1, 0.15) is 56.9 Å². The number of nitrogens with one attached hydrogen (secondary N) is 2. The van der Waals surface area contributed by atoms with Crippen molar-refractivity contribution in [3.05, 3.63) is 29.8 Å². The van der Waals surface area contributed by atoms with Gasteiger partial charge in [-0.25, -0.2) is 4.79 Å². The van der Waals surface area contributed by atoms with Crippen LogP contribution < -0.4 is 15.4 Å². The smallest absolute Gasteiger partial charge is 0.324 e. The summed E-state index contributed by atoms with van der Waals surface area (Å²) < 4.78 is 5.13. The van der Waals surface area contributed by atoms with Gasteiger partial charge in [0.15, 0.2) is 0 Å². The molecule has 158 valence electrons. The number of amides is 4. The predicted octanol–water partition coefficient (Wildman–Crippen LogP) is 2.78. The lowest BCUT2D eigenvalue weighted by atomic mass is 10.1. The van der Waals surface area contributed by atoms with Gasteiger partial charge in [-0.1, -0.05) is 37.8 Å². The van der Waals surface area contributed by atoms with Crippen LogP contribution in [0.4, 0.5) is 4.79 Å². The third-order valence-corrected chi connectivity index (χ3v) is 5.77. The van der Waals surface area contributed by atoms with Crippen molar-refractivity contribution in [3.63, 3.8) is 0 Å². The summed E-state index contributed by atoms with van der Waals surface area (Å²) in [5.41, 5.74) is 1.03. The summed E-state index contributed by atoms with van der Waals surface area (Å²) in [6.45, 7) is 0.321. The summed E-state index contributed by atoms with van der Waals surface area (Å²) in [6.07, 6.45) is 8.02. The minimum atomic E-state index is -0.613. The van der Waals surface area contributed by atoms with Crippen LogP contribution in [0.5, 0.6) is 5.75 Å². The van der Waals surface area contributed by atoms with Gasteiger partial charge in [0.25, 0.3) is 5.91 Å². The fourth-order valence-electron chi connectivity index (χ4n) is 4.02. The number of nitrogens with zero attached hydrogens (tertiary/aromatic N) is 1. The molecule has 1 aromatic rings. The summed E-state index contributed by atoms with van der Waals surface area (Å²) >= 11 is 0. The fraction of sp³-hybridized carbons (Fsp3) is 0.591. The normalized spacial score (nSPS) is 20.3. The van der Waals surface area contributed by atoms with E-state index in [0.717, 1.165) is 37.0 Å². The molecule has 1 atom stereocenters. The van der Waals surface area contributed by atoms with Crippen molar-refractivity contribution < 1.29 is 19.1 Å². The highest BCUT2D eigenvalue weighted by Gasteiger charge is 2.37. The zero-order valence-corrected chi connectivity index (χ0v) is 17.1. The van der Waals surface area contributed by atoms with Crippen molar-refractivity contribution in [1.29, 1.82) is 0 Å². The lowest BCUT2D eigenvalue weighted by Crippen LogP contribution is -2.36. The summed E-state index contributed by atoms with van der Waals surface area (Å²) in [5, 5.41) is 5.80. The van der Waals surface area contributed by atoms with Crippen molar-refractivity contribution in [2.24, 2.45) is 0 Å². The first-order chi connectivity index (χ1) is 14.1. The van der Waals surface area contributed by atoms with Crippen molar-refractivity contribution in [2.75, 3.05) is 13.7 Å². The second-order valence-corrected chi connectivity index (χ2v) is 7.88. The molecule has 1 aliphatic heterocycles. The molecule has 2 N–H and O–H groups in total. The summed E-state index contributed by atoms with van der Waals surface area (Å²) in [6, 6.07) is 6.82. The zero-order valence-electron chi connectivity index (χ0n) is 17.1. The number of urea groups is 1. The van der Waals surface area contributed by atoms with Gasteiger partial charge in [0, 0.05) is 19.0 Å². The molecule has 2 fully saturated rings. The minimum Gasteiger partial charge on any atom is -0.497 e. The first kappa shape index (κ1) is 21.1. The first-order valence-corrected chi connectivity index (χ1v) is 10.6. The molecule has 7 nitrogen and oxygen atoms in total. The largest absolute Gasteiger partial charge is 0.497 e. The molecule has 1 saturated carbocycles. The number of imide groups is 1. The highest BCUT2D eigenvalue weighted by molar-refractivity contribution is 6.04. The molecule has 2 aliphatic rings. The van der Waals surface area contributed by atoms with E-state index in [1.54, 1.807) is 7.11 Å². The van der Waals surface area contributed by atoms with Gasteiger partial charge in [0.1, 0.15) is 11.8 Å². The molecular weight excluding hydrogens is 370 g/mol. The van der Waals surface area contributed by atoms with E-state index in [1.807, 2.05) is 24.3 Å². The lowest BCUT2D eigenvalue weighted by Gasteiger charge is -2.17. The third kappa shape index (κ3) is 5.95. The maximum atomic E-state index is 12.6. The predicted molar refractivity (Wildman–Crippen MR) is 110 cm³/mol. The maximum Gasteiger partial charge on any atom is 0.324 e. The Morgan fingerprint density at radius 1 is 1.14 bits per heavy atom. The van der Waals surface area contributed by atoms with Crippen LogP contribution in [0.2, 0.25) is 0 Å². The number of rotatable bonds is 8. The van der Waals surface area contributed by atoms with E-state index in [0.29, 0.717) is 19.4 Å². The van der Waals surface area contributed by atoms with Gasteiger partial charge in [0.05, 0.1) is 7.11 Å². The number of hydrogen-bond acceptors (Lipinski definition) is 4. The molecule has 0 spiro atoms. The van der Waals surface area contributed by atoms with Gasteiger partial charge in [0.2, 0.25) is 5.91 Å². The van der Waals surface area contributed by atoms with Crippen molar-refractivity contribution in [1.82, 2.24) is 15.5 Å². The molecule has 4 amide bonds. The lowest BCUT2D eigenvalue weighted by molar-refractivity contribution is -0.127. The Kier molecular flexibility index (Phi) is 7.49. The molecule has 29 heavy (non-hydrogen) atoms. The van der Waals surface area contributed by atoms with Gasteiger partial charge < -0.3 is 15.4 Å². The quantitative estimate of drug-likeness (QED) is 0.518. The standard InChI is InChI=1S/C22H31N3O4/c1-29-18-10-8-16(9-11-18)14-15-25-21(27)19(24-22(25)28)12-13-20(26)23-17-6-4-2-3-5-7-17/h8-11,17,19H,2-7,12-15H2,1H3,(H,23,26)(H,24,28). The van der Waals surface area contributed by atoms with Crippen LogP contribution in [-0.2, 0) is 16.0 Å². The molecule has 0 aromatic heterocycles. The summed E-state index contributed by atoms with van der Waals surface area (Å²) in [4.78, 5) is 38.3. The number of ether oxygens (including phenoxy) is 1. The average Bonchev–Trinajstić information content (AvgIpc) is 2.89. The molecule has 0 bridgehead atoms. The van der Waals surface area contributed by atoms with Crippen molar-refractivity contribution >= 4 is 17.8 Å². The Bertz CT molecular complexity index is 711. The monoisotopic (exact) mass is 401 g/mol. The maximum absolute atomic E-state index is 12.6. The number of carbonyl (C=O) groups is 3. The van der Waals surface area contributed by atoms with E-state index in [2.05, 4.69) is 10.6 Å². The molecule has 1 saturated heterocycles. The Balaban J connectivity index is 1.43. The average molecular weight is 402 g/mol. The Morgan fingerprint density at radius 3 is 2.48 bits per heavy atom. The molecule has 1 unspecified atom stereocenters. The van der Waals surface area contributed by atoms with Crippen LogP contribution in [0.15, 0.2) is 24.3 Å². The van der Waals surface area contributed by atoms with E-state index >= 15 is 0 Å². The number of benzene rings is 1. The van der Waals surface area contributed by atoms with E-state index in [-0.39, 0.29) is 30.3 Å². The van der Waals surface area contributed by atoms with Crippen LogP contribution in [0, 0.1) is 0 Å². The second kappa shape index (κ2) is 10.3. The number of hydrogen-bond donors (Lipinski definition) is 2. The van der Waals surface area contributed by atoms with Gasteiger partial charge >= 0.3 is 6.03 Å². The van der Waals surface area contributed by atoms with Gasteiger partial charge in [-0.05, 0) is 43.4 Å². The molecule has 1 aliphatic carbocycles. The highest BCUT2D eigenvalue weighted by Crippen LogP contribution is 2.18. The molecule has 7 heteroatoms. The summed E-state index contributed by atoms with van der Waals surface area (Å²) in [5.74, 6) is 0.493. The van der Waals surface area contributed by atoms with Crippen LogP contribution >= 0.6 is 0 Å².